The number of hydrogen-bond donors (Lipinski definition) is 6. The summed E-state index contributed by atoms with van der Waals surface area (Å²) in [4.78, 5) is 40.2. The lowest BCUT2D eigenvalue weighted by Crippen LogP contribution is -2.70. The monoisotopic (exact) mass is 448 g/mol. The number of phenols is 1. The van der Waals surface area contributed by atoms with E-state index in [-0.39, 0.29) is 0 Å². The molecule has 10 heteroatoms. The first-order valence-corrected chi connectivity index (χ1v) is 9.61. The van der Waals surface area contributed by atoms with Crippen molar-refractivity contribution in [3.8, 4) is 5.75 Å². The van der Waals surface area contributed by atoms with Gasteiger partial charge in [0.05, 0.1) is 23.6 Å². The van der Waals surface area contributed by atoms with Crippen molar-refractivity contribution in [1.82, 2.24) is 4.90 Å². The molecule has 7 N–H and O–H groups in total. The molecule has 10 nitrogen and oxygen atoms in total. The second-order valence-electron chi connectivity index (χ2n) is 8.33. The van der Waals surface area contributed by atoms with E-state index in [1.807, 2.05) is 0 Å². The molecule has 0 radical (unpaired) electrons. The number of phenolic OH excluding ortho intramolecular Hbond substituents is 1. The molecule has 1 fully saturated rings. The van der Waals surface area contributed by atoms with Gasteiger partial charge in [-0.05, 0) is 31.6 Å². The maximum absolute atomic E-state index is 13.9. The normalized spacial score (nSPS) is 38.9. The Balaban J connectivity index is 2.17. The van der Waals surface area contributed by atoms with Gasteiger partial charge in [-0.25, -0.2) is 0 Å². The van der Waals surface area contributed by atoms with Crippen LogP contribution in [0.15, 0.2) is 35.1 Å². The number of aromatic hydroxyl groups is 1. The fourth-order valence-electron chi connectivity index (χ4n) is 5.10. The maximum Gasteiger partial charge on any atom is 0.255 e. The Labute approximate surface area is 188 Å². The molecule has 0 aliphatic heterocycles. The number of hydrogen-bond acceptors (Lipinski definition) is 9. The van der Waals surface area contributed by atoms with Crippen LogP contribution in [0.5, 0.6) is 5.75 Å². The molecule has 0 unspecified atom stereocenters. The van der Waals surface area contributed by atoms with E-state index in [2.05, 4.69) is 0 Å². The summed E-state index contributed by atoms with van der Waals surface area (Å²) in [5.41, 5.74) is -1.02. The fourth-order valence-corrected chi connectivity index (χ4v) is 5.10. The summed E-state index contributed by atoms with van der Waals surface area (Å²) >= 11 is 0. The molecule has 170 valence electrons. The smallest absolute Gasteiger partial charge is 0.255 e. The van der Waals surface area contributed by atoms with Gasteiger partial charge in [-0.2, -0.15) is 0 Å². The predicted octanol–water partition coefficient (Wildman–Crippen LogP) is -0.504. The highest BCUT2D eigenvalue weighted by atomic mass is 16.4. The molecular formula is C22H24N2O8. The number of carbonyl (C=O) groups is 3. The molecule has 0 aromatic heterocycles. The molecule has 3 aliphatic carbocycles. The average Bonchev–Trinajstić information content (AvgIpc) is 2.75. The lowest BCUT2D eigenvalue weighted by molar-refractivity contribution is -0.169. The summed E-state index contributed by atoms with van der Waals surface area (Å²) in [6, 6.07) is 1.76. The molecule has 32 heavy (non-hydrogen) atoms. The van der Waals surface area contributed by atoms with Crippen LogP contribution in [0.3, 0.4) is 0 Å². The van der Waals surface area contributed by atoms with Crippen LogP contribution >= 0.6 is 0 Å². The Bertz CT molecular complexity index is 1290. The number of likely N-dealkylation sites (N-methyl/N-ethyl adjacent to an activating group) is 1. The minimum atomic E-state index is -3.27. The number of aliphatic hydroxyl groups is 4. The van der Waals surface area contributed by atoms with Crippen molar-refractivity contribution in [3.63, 3.8) is 0 Å². The first kappa shape index (κ1) is 17.4. The molecule has 1 aromatic rings. The molecule has 1 amide bonds. The number of ketones is 2. The largest absolute Gasteiger partial charge is 0.508 e. The number of amides is 1. The van der Waals surface area contributed by atoms with Crippen LogP contribution in [0, 0.1) is 11.8 Å². The standard InChI is InChI=1S/C22H24N2O8/c1-7-8-5-4-6-9(25)11(8)16(26)12-10(7)17(27)14-15(24(2)3)18(28)13(21(23)31)20(30)22(14,32)19(12)29/h4-7,10,14-15,17,25-27,30,32H,1-3H3,(H2,23,31)/t7-,10+,14+,15-,17-,22-/m0/s1/i1D3,7D. The summed E-state index contributed by atoms with van der Waals surface area (Å²) in [5, 5.41) is 55.4. The Morgan fingerprint density at radius 1 is 1.25 bits per heavy atom. The van der Waals surface area contributed by atoms with E-state index in [0.29, 0.717) is 0 Å². The minimum absolute atomic E-state index is 0.424. The molecule has 4 rings (SSSR count). The molecule has 0 spiro atoms. The Hall–Kier alpha value is -3.21. The van der Waals surface area contributed by atoms with Crippen LogP contribution in [0.1, 0.15) is 29.4 Å². The van der Waals surface area contributed by atoms with Crippen LogP contribution in [0.2, 0.25) is 0 Å². The zero-order valence-corrected chi connectivity index (χ0v) is 17.0. The van der Waals surface area contributed by atoms with Crippen molar-refractivity contribution in [1.29, 1.82) is 0 Å². The SMILES string of the molecule is [2H]C([2H])([2H])[C@@]1([2H])c2cccc(O)c2C(O)=C2C(=O)[C@]3(O)C(O)=C(C(N)=O)C(=O)[C@@H](N(C)C)[C@@H]3[C@@H](O)[C@@H]21. The molecule has 0 bridgehead atoms. The third-order valence-electron chi connectivity index (χ3n) is 6.48. The Morgan fingerprint density at radius 3 is 2.47 bits per heavy atom. The molecule has 6 atom stereocenters. The van der Waals surface area contributed by atoms with E-state index in [4.69, 9.17) is 11.2 Å². The zero-order chi connectivity index (χ0) is 27.3. The van der Waals surface area contributed by atoms with Gasteiger partial charge in [0.15, 0.2) is 11.4 Å². The molecule has 0 heterocycles. The van der Waals surface area contributed by atoms with E-state index in [1.165, 1.54) is 20.2 Å². The third-order valence-corrected chi connectivity index (χ3v) is 6.48. The van der Waals surface area contributed by atoms with Gasteiger partial charge in [0.1, 0.15) is 22.8 Å². The average molecular weight is 448 g/mol. The van der Waals surface area contributed by atoms with E-state index in [0.717, 1.165) is 17.0 Å². The number of benzene rings is 1. The quantitative estimate of drug-likeness (QED) is 0.325. The fraction of sp³-hybridized carbons (Fsp3) is 0.409. The molecule has 3 aliphatic rings. The lowest BCUT2D eigenvalue weighted by atomic mass is 9.54. The number of nitrogens with two attached hydrogens (primary N) is 1. The number of carbonyl (C=O) groups excluding carboxylic acids is 3. The van der Waals surface area contributed by atoms with Crippen molar-refractivity contribution >= 4 is 23.2 Å². The van der Waals surface area contributed by atoms with Gasteiger partial charge < -0.3 is 31.3 Å². The molecule has 0 saturated heterocycles. The summed E-state index contributed by atoms with van der Waals surface area (Å²) in [6.07, 6.45) is -2.20. The number of Topliss-reactive ketones (excluding diaryl/α,β-unsaturated/α-hetero) is 2. The van der Waals surface area contributed by atoms with Crippen LogP contribution in [0.25, 0.3) is 5.76 Å². The first-order chi connectivity index (χ1) is 16.5. The van der Waals surface area contributed by atoms with Crippen molar-refractivity contribution in [2.45, 2.75) is 30.5 Å². The van der Waals surface area contributed by atoms with Gasteiger partial charge in [0, 0.05) is 17.0 Å². The van der Waals surface area contributed by atoms with Gasteiger partial charge in [0.2, 0.25) is 5.78 Å². The van der Waals surface area contributed by atoms with Crippen molar-refractivity contribution in [2.24, 2.45) is 17.6 Å². The van der Waals surface area contributed by atoms with Crippen molar-refractivity contribution in [2.75, 3.05) is 14.1 Å². The number of primary amides is 1. The van der Waals surface area contributed by atoms with Gasteiger partial charge in [-0.1, -0.05) is 19.0 Å². The summed E-state index contributed by atoms with van der Waals surface area (Å²) in [7, 11) is 2.63. The van der Waals surface area contributed by atoms with Gasteiger partial charge in [-0.3, -0.25) is 19.3 Å². The highest BCUT2D eigenvalue weighted by Crippen LogP contribution is 2.55. The zero-order valence-electron chi connectivity index (χ0n) is 21.0. The van der Waals surface area contributed by atoms with E-state index in [1.54, 1.807) is 0 Å². The Kier molecular flexibility index (Phi) is 3.74. The van der Waals surface area contributed by atoms with Gasteiger partial charge in [0.25, 0.3) is 5.91 Å². The first-order valence-electron chi connectivity index (χ1n) is 11.6. The number of fused-ring (bicyclic) bond motifs is 3. The van der Waals surface area contributed by atoms with Crippen LogP contribution in [-0.4, -0.2) is 79.7 Å². The van der Waals surface area contributed by atoms with Crippen molar-refractivity contribution < 1.29 is 45.4 Å². The second-order valence-corrected chi connectivity index (χ2v) is 8.33. The number of nitrogens with zero attached hydrogens (tertiary/aromatic N) is 1. The van der Waals surface area contributed by atoms with E-state index >= 15 is 0 Å². The lowest BCUT2D eigenvalue weighted by Gasteiger charge is -2.53. The number of rotatable bonds is 2. The third kappa shape index (κ3) is 2.48. The van der Waals surface area contributed by atoms with Gasteiger partial charge >= 0.3 is 0 Å². The molecular weight excluding hydrogens is 420 g/mol. The molecule has 1 aromatic carbocycles. The summed E-state index contributed by atoms with van der Waals surface area (Å²) in [5.74, 6) is -14.2. The minimum Gasteiger partial charge on any atom is -0.508 e. The predicted molar refractivity (Wildman–Crippen MR) is 110 cm³/mol. The van der Waals surface area contributed by atoms with Crippen LogP contribution < -0.4 is 5.73 Å². The highest BCUT2D eigenvalue weighted by molar-refractivity contribution is 6.24. The second kappa shape index (κ2) is 6.89. The highest BCUT2D eigenvalue weighted by Gasteiger charge is 2.68. The van der Waals surface area contributed by atoms with Crippen molar-refractivity contribution in [3.05, 3.63) is 46.2 Å². The summed E-state index contributed by atoms with van der Waals surface area (Å²) < 4.78 is 33.5. The van der Waals surface area contributed by atoms with E-state index < -0.39 is 99.3 Å². The topological polar surface area (TPSA) is 182 Å². The van der Waals surface area contributed by atoms with Gasteiger partial charge in [-0.15, -0.1) is 0 Å². The van der Waals surface area contributed by atoms with Crippen LogP contribution in [-0.2, 0) is 14.4 Å². The number of aliphatic hydroxyl groups excluding tert-OH is 3. The Morgan fingerprint density at radius 2 is 1.91 bits per heavy atom. The molecule has 1 saturated carbocycles. The van der Waals surface area contributed by atoms with E-state index in [9.17, 15) is 39.9 Å². The summed E-state index contributed by atoms with van der Waals surface area (Å²) in [6.45, 7) is -3.27. The maximum atomic E-state index is 13.9. The van der Waals surface area contributed by atoms with Crippen LogP contribution in [0.4, 0.5) is 0 Å².